The van der Waals surface area contributed by atoms with Crippen LogP contribution in [-0.4, -0.2) is 42.0 Å². The van der Waals surface area contributed by atoms with E-state index >= 15 is 0 Å². The smallest absolute Gasteiger partial charge is 0.242 e. The van der Waals surface area contributed by atoms with Gasteiger partial charge in [-0.05, 0) is 48.6 Å². The fraction of sp³-hybridized carbons (Fsp3) is 0.708. The zero-order chi connectivity index (χ0) is 19.9. The van der Waals surface area contributed by atoms with Crippen molar-refractivity contribution in [2.75, 3.05) is 19.6 Å². The van der Waals surface area contributed by atoms with E-state index in [4.69, 9.17) is 0 Å². The Hall–Kier alpha value is -1.39. The molecule has 5 rings (SSSR count). The van der Waals surface area contributed by atoms with Crippen molar-refractivity contribution in [1.82, 2.24) is 15.5 Å². The van der Waals surface area contributed by atoms with Crippen molar-refractivity contribution in [3.63, 3.8) is 0 Å². The number of piperidine rings is 2. The van der Waals surface area contributed by atoms with Crippen LogP contribution in [0.4, 0.5) is 0 Å². The summed E-state index contributed by atoms with van der Waals surface area (Å²) in [4.78, 5) is 16.2. The molecule has 28 heavy (non-hydrogen) atoms. The Bertz CT molecular complexity index is 688. The number of rotatable bonds is 7. The summed E-state index contributed by atoms with van der Waals surface area (Å²) in [7, 11) is 0. The number of hydrogen-bond donors (Lipinski definition) is 2. The molecular formula is C24H37N3O. The van der Waals surface area contributed by atoms with Crippen LogP contribution < -0.4 is 10.6 Å². The normalized spacial score (nSPS) is 34.4. The second kappa shape index (κ2) is 7.79. The molecule has 1 saturated carbocycles. The Balaban J connectivity index is 1.65. The monoisotopic (exact) mass is 383 g/mol. The highest BCUT2D eigenvalue weighted by atomic mass is 16.2. The van der Waals surface area contributed by atoms with E-state index in [0.717, 1.165) is 26.2 Å². The third-order valence-corrected chi connectivity index (χ3v) is 7.23. The van der Waals surface area contributed by atoms with E-state index in [1.807, 2.05) is 0 Å². The van der Waals surface area contributed by atoms with Crippen LogP contribution in [0, 0.1) is 29.6 Å². The number of carbonyl (C=O) groups excluding carboxylic acids is 1. The standard InChI is InChI=1S/C24H37N3O/c1-16(2)10-21-19-11-20-15-27(14-18-8-6-5-7-9-18)22(21)24(20,26-13-19)23(28)25-12-17(3)4/h5-9,16-17,19-22,26H,10-15H2,1-4H3,(H,25,28)/t19-,20-,21+,22-,24-/m0/s1. The molecule has 4 heteroatoms. The van der Waals surface area contributed by atoms with E-state index < -0.39 is 5.54 Å². The van der Waals surface area contributed by atoms with Crippen LogP contribution >= 0.6 is 0 Å². The van der Waals surface area contributed by atoms with Crippen LogP contribution in [0.2, 0.25) is 0 Å². The Morgan fingerprint density at radius 3 is 2.64 bits per heavy atom. The molecule has 1 aromatic carbocycles. The highest BCUT2D eigenvalue weighted by Crippen LogP contribution is 2.54. The lowest BCUT2D eigenvalue weighted by atomic mass is 9.58. The lowest BCUT2D eigenvalue weighted by molar-refractivity contribution is -0.139. The lowest BCUT2D eigenvalue weighted by Gasteiger charge is -2.56. The number of carbonyl (C=O) groups is 1. The van der Waals surface area contributed by atoms with Crippen LogP contribution in [-0.2, 0) is 11.3 Å². The van der Waals surface area contributed by atoms with Gasteiger partial charge in [0.05, 0.1) is 0 Å². The summed E-state index contributed by atoms with van der Waals surface area (Å²) < 4.78 is 0. The molecule has 4 fully saturated rings. The van der Waals surface area contributed by atoms with Gasteiger partial charge in [0.15, 0.2) is 0 Å². The number of fused-ring (bicyclic) bond motifs is 1. The average Bonchev–Trinajstić information content (AvgIpc) is 2.92. The first kappa shape index (κ1) is 19.9. The van der Waals surface area contributed by atoms with Crippen LogP contribution in [0.5, 0.6) is 0 Å². The van der Waals surface area contributed by atoms with Gasteiger partial charge in [-0.3, -0.25) is 9.69 Å². The molecule has 3 heterocycles. The highest BCUT2D eigenvalue weighted by molar-refractivity contribution is 5.89. The quantitative estimate of drug-likeness (QED) is 0.759. The van der Waals surface area contributed by atoms with Crippen molar-refractivity contribution in [2.45, 2.75) is 58.7 Å². The number of nitrogens with one attached hydrogen (secondary N) is 2. The van der Waals surface area contributed by atoms with Crippen molar-refractivity contribution in [1.29, 1.82) is 0 Å². The van der Waals surface area contributed by atoms with Crippen LogP contribution in [0.25, 0.3) is 0 Å². The molecule has 1 amide bonds. The molecule has 5 atom stereocenters. The third-order valence-electron chi connectivity index (χ3n) is 7.23. The molecular weight excluding hydrogens is 346 g/mol. The fourth-order valence-corrected chi connectivity index (χ4v) is 6.21. The highest BCUT2D eigenvalue weighted by Gasteiger charge is 2.67. The molecule has 4 aliphatic rings. The molecule has 1 aliphatic carbocycles. The van der Waals surface area contributed by atoms with E-state index in [1.165, 1.54) is 18.4 Å². The Morgan fingerprint density at radius 1 is 1.21 bits per heavy atom. The average molecular weight is 384 g/mol. The molecule has 0 spiro atoms. The molecule has 2 N–H and O–H groups in total. The second-order valence-corrected chi connectivity index (χ2v) is 10.2. The van der Waals surface area contributed by atoms with Crippen LogP contribution in [0.3, 0.4) is 0 Å². The molecule has 4 bridgehead atoms. The molecule has 4 nitrogen and oxygen atoms in total. The number of nitrogens with zero attached hydrogens (tertiary/aromatic N) is 1. The number of benzene rings is 1. The minimum absolute atomic E-state index is 0.249. The number of amides is 1. The van der Waals surface area contributed by atoms with Gasteiger partial charge in [0, 0.05) is 31.6 Å². The van der Waals surface area contributed by atoms with Crippen molar-refractivity contribution < 1.29 is 4.79 Å². The summed E-state index contributed by atoms with van der Waals surface area (Å²) in [6, 6.07) is 11.1. The summed E-state index contributed by atoms with van der Waals surface area (Å²) in [5.74, 6) is 3.13. The summed E-state index contributed by atoms with van der Waals surface area (Å²) in [5, 5.41) is 7.08. The maximum Gasteiger partial charge on any atom is 0.242 e. The molecule has 0 unspecified atom stereocenters. The van der Waals surface area contributed by atoms with E-state index in [9.17, 15) is 4.79 Å². The topological polar surface area (TPSA) is 44.4 Å². The molecule has 0 aromatic heterocycles. The van der Waals surface area contributed by atoms with Crippen LogP contribution in [0.1, 0.15) is 46.1 Å². The Morgan fingerprint density at radius 2 is 1.96 bits per heavy atom. The first-order valence-electron chi connectivity index (χ1n) is 11.2. The first-order chi connectivity index (χ1) is 13.4. The third kappa shape index (κ3) is 3.39. The van der Waals surface area contributed by atoms with Gasteiger partial charge in [-0.1, -0.05) is 58.0 Å². The maximum atomic E-state index is 13.6. The van der Waals surface area contributed by atoms with Gasteiger partial charge in [-0.15, -0.1) is 0 Å². The molecule has 154 valence electrons. The van der Waals surface area contributed by atoms with E-state index in [1.54, 1.807) is 0 Å². The predicted octanol–water partition coefficient (Wildman–Crippen LogP) is 3.28. The second-order valence-electron chi connectivity index (χ2n) is 10.2. The Kier molecular flexibility index (Phi) is 5.54. The van der Waals surface area contributed by atoms with Gasteiger partial charge in [0.25, 0.3) is 0 Å². The Labute approximate surface area is 170 Å². The summed E-state index contributed by atoms with van der Waals surface area (Å²) in [6.45, 7) is 12.7. The molecule has 0 radical (unpaired) electrons. The summed E-state index contributed by atoms with van der Waals surface area (Å²) >= 11 is 0. The van der Waals surface area contributed by atoms with Crippen molar-refractivity contribution in [3.8, 4) is 0 Å². The van der Waals surface area contributed by atoms with Gasteiger partial charge < -0.3 is 10.6 Å². The van der Waals surface area contributed by atoms with Crippen LogP contribution in [0.15, 0.2) is 30.3 Å². The predicted molar refractivity (Wildman–Crippen MR) is 114 cm³/mol. The van der Waals surface area contributed by atoms with Gasteiger partial charge in [0.1, 0.15) is 5.54 Å². The SMILES string of the molecule is CC(C)CNC(=O)[C@]12NC[C@@H]3C[C@H]1CN(Cc1ccccc1)[C@H]2[C@@H]3CC(C)C. The van der Waals surface area contributed by atoms with Gasteiger partial charge in [-0.25, -0.2) is 0 Å². The lowest BCUT2D eigenvalue weighted by Crippen LogP contribution is -2.76. The minimum atomic E-state index is -0.405. The van der Waals surface area contributed by atoms with Gasteiger partial charge >= 0.3 is 0 Å². The minimum Gasteiger partial charge on any atom is -0.354 e. The maximum absolute atomic E-state index is 13.6. The van der Waals surface area contributed by atoms with Crippen molar-refractivity contribution in [2.24, 2.45) is 29.6 Å². The first-order valence-corrected chi connectivity index (χ1v) is 11.2. The summed E-state index contributed by atoms with van der Waals surface area (Å²) in [5.41, 5.74) is 0.949. The fourth-order valence-electron chi connectivity index (χ4n) is 6.21. The number of hydrogen-bond acceptors (Lipinski definition) is 3. The van der Waals surface area contributed by atoms with Crippen molar-refractivity contribution >= 4 is 5.91 Å². The molecule has 3 saturated heterocycles. The van der Waals surface area contributed by atoms with E-state index in [0.29, 0.717) is 35.6 Å². The van der Waals surface area contributed by atoms with Gasteiger partial charge in [0.2, 0.25) is 5.91 Å². The van der Waals surface area contributed by atoms with E-state index in [2.05, 4.69) is 73.6 Å². The summed E-state index contributed by atoms with van der Waals surface area (Å²) in [6.07, 6.45) is 2.41. The largest absolute Gasteiger partial charge is 0.354 e. The zero-order valence-corrected chi connectivity index (χ0v) is 17.9. The molecule has 3 aliphatic heterocycles. The van der Waals surface area contributed by atoms with E-state index in [-0.39, 0.29) is 5.91 Å². The molecule has 1 aromatic rings. The zero-order valence-electron chi connectivity index (χ0n) is 17.9. The van der Waals surface area contributed by atoms with Gasteiger partial charge in [-0.2, -0.15) is 0 Å². The van der Waals surface area contributed by atoms with Crippen molar-refractivity contribution in [3.05, 3.63) is 35.9 Å². The number of likely N-dealkylation sites (tertiary alicyclic amines) is 1.